The number of rotatable bonds is 6. The number of amides is 3. The maximum atomic E-state index is 11.6. The van der Waals surface area contributed by atoms with E-state index in [4.69, 9.17) is 11.6 Å². The van der Waals surface area contributed by atoms with Gasteiger partial charge in [0, 0.05) is 29.7 Å². The van der Waals surface area contributed by atoms with Crippen molar-refractivity contribution in [1.29, 1.82) is 0 Å². The molecule has 20 heavy (non-hydrogen) atoms. The van der Waals surface area contributed by atoms with Crippen LogP contribution in [0.15, 0.2) is 24.3 Å². The molecule has 0 fully saturated rings. The Morgan fingerprint density at radius 3 is 2.45 bits per heavy atom. The summed E-state index contributed by atoms with van der Waals surface area (Å²) >= 11 is 5.76. The zero-order valence-corrected chi connectivity index (χ0v) is 12.5. The molecule has 1 aromatic rings. The Labute approximate surface area is 124 Å². The highest BCUT2D eigenvalue weighted by Crippen LogP contribution is 2.13. The molecule has 0 heterocycles. The summed E-state index contributed by atoms with van der Waals surface area (Å²) in [6.45, 7) is 4.24. The molecule has 0 aliphatic rings. The zero-order valence-electron chi connectivity index (χ0n) is 11.7. The van der Waals surface area contributed by atoms with E-state index in [-0.39, 0.29) is 18.0 Å². The number of benzene rings is 1. The maximum absolute atomic E-state index is 11.6. The molecule has 0 aliphatic carbocycles. The molecule has 0 spiro atoms. The van der Waals surface area contributed by atoms with Crippen LogP contribution in [-0.2, 0) is 4.79 Å². The van der Waals surface area contributed by atoms with Crippen molar-refractivity contribution < 1.29 is 9.59 Å². The zero-order chi connectivity index (χ0) is 15.0. The number of nitrogens with one attached hydrogen (secondary N) is 3. The van der Waals surface area contributed by atoms with E-state index in [0.29, 0.717) is 30.1 Å². The number of carbonyl (C=O) groups excluding carboxylic acids is 2. The first-order chi connectivity index (χ1) is 9.47. The Morgan fingerprint density at radius 1 is 1.20 bits per heavy atom. The van der Waals surface area contributed by atoms with Gasteiger partial charge in [-0.25, -0.2) is 4.79 Å². The molecule has 110 valence electrons. The van der Waals surface area contributed by atoms with Crippen molar-refractivity contribution >= 4 is 29.2 Å². The fraction of sp³-hybridized carbons (Fsp3) is 0.429. The fourth-order valence-corrected chi connectivity index (χ4v) is 1.65. The molecule has 0 atom stereocenters. The molecule has 3 amide bonds. The van der Waals surface area contributed by atoms with E-state index in [1.807, 2.05) is 13.8 Å². The summed E-state index contributed by atoms with van der Waals surface area (Å²) < 4.78 is 0. The Bertz CT molecular complexity index is 446. The summed E-state index contributed by atoms with van der Waals surface area (Å²) in [7, 11) is 0. The number of hydrogen-bond acceptors (Lipinski definition) is 2. The average molecular weight is 298 g/mol. The van der Waals surface area contributed by atoms with Crippen LogP contribution in [0.4, 0.5) is 10.5 Å². The lowest BCUT2D eigenvalue weighted by atomic mass is 10.2. The second-order valence-electron chi connectivity index (χ2n) is 4.71. The highest BCUT2D eigenvalue weighted by molar-refractivity contribution is 6.30. The molecule has 6 heteroatoms. The van der Waals surface area contributed by atoms with Crippen LogP contribution in [0, 0.1) is 0 Å². The second kappa shape index (κ2) is 8.43. The first-order valence-corrected chi connectivity index (χ1v) is 6.95. The summed E-state index contributed by atoms with van der Waals surface area (Å²) in [4.78, 5) is 22.9. The first-order valence-electron chi connectivity index (χ1n) is 6.57. The van der Waals surface area contributed by atoms with Crippen molar-refractivity contribution in [3.05, 3.63) is 29.3 Å². The first kappa shape index (κ1) is 16.3. The van der Waals surface area contributed by atoms with Gasteiger partial charge in [0.15, 0.2) is 0 Å². The van der Waals surface area contributed by atoms with Crippen LogP contribution in [0.3, 0.4) is 0 Å². The minimum atomic E-state index is -0.210. The van der Waals surface area contributed by atoms with Crippen molar-refractivity contribution in [1.82, 2.24) is 10.6 Å². The van der Waals surface area contributed by atoms with Crippen LogP contribution >= 0.6 is 11.6 Å². The predicted octanol–water partition coefficient (Wildman–Crippen LogP) is 2.77. The van der Waals surface area contributed by atoms with Gasteiger partial charge in [0.1, 0.15) is 0 Å². The normalized spacial score (nSPS) is 10.2. The molecule has 1 aromatic carbocycles. The van der Waals surface area contributed by atoms with Gasteiger partial charge in [-0.15, -0.1) is 0 Å². The minimum absolute atomic E-state index is 0.0848. The lowest BCUT2D eigenvalue weighted by Crippen LogP contribution is -2.39. The van der Waals surface area contributed by atoms with E-state index in [1.54, 1.807) is 24.3 Å². The van der Waals surface area contributed by atoms with Crippen LogP contribution in [0.5, 0.6) is 0 Å². The molecule has 0 bridgehead atoms. The van der Waals surface area contributed by atoms with Gasteiger partial charge in [-0.05, 0) is 44.5 Å². The third-order valence-corrected chi connectivity index (χ3v) is 2.67. The Hall–Kier alpha value is -1.75. The van der Waals surface area contributed by atoms with Gasteiger partial charge in [-0.1, -0.05) is 11.6 Å². The highest BCUT2D eigenvalue weighted by Gasteiger charge is 2.04. The predicted molar refractivity (Wildman–Crippen MR) is 81.0 cm³/mol. The Morgan fingerprint density at radius 2 is 1.85 bits per heavy atom. The van der Waals surface area contributed by atoms with Crippen molar-refractivity contribution in [3.8, 4) is 0 Å². The summed E-state index contributed by atoms with van der Waals surface area (Å²) in [5.74, 6) is -0.0848. The Kier molecular flexibility index (Phi) is 6.87. The van der Waals surface area contributed by atoms with Crippen LogP contribution in [0.1, 0.15) is 26.7 Å². The Balaban J connectivity index is 2.17. The van der Waals surface area contributed by atoms with Crippen molar-refractivity contribution in [3.63, 3.8) is 0 Å². The summed E-state index contributed by atoms with van der Waals surface area (Å²) in [5.41, 5.74) is 0.713. The molecule has 1 rings (SSSR count). The van der Waals surface area contributed by atoms with Gasteiger partial charge >= 0.3 is 6.03 Å². The topological polar surface area (TPSA) is 70.2 Å². The molecule has 0 unspecified atom stereocenters. The van der Waals surface area contributed by atoms with E-state index in [0.717, 1.165) is 0 Å². The monoisotopic (exact) mass is 297 g/mol. The number of halogens is 1. The lowest BCUT2D eigenvalue weighted by Gasteiger charge is -2.10. The van der Waals surface area contributed by atoms with Gasteiger partial charge in [0.25, 0.3) is 0 Å². The van der Waals surface area contributed by atoms with E-state index < -0.39 is 0 Å². The van der Waals surface area contributed by atoms with Crippen LogP contribution in [0.2, 0.25) is 5.02 Å². The van der Waals surface area contributed by atoms with Gasteiger partial charge < -0.3 is 16.0 Å². The summed E-state index contributed by atoms with van der Waals surface area (Å²) in [5, 5.41) is 8.80. The van der Waals surface area contributed by atoms with E-state index in [9.17, 15) is 9.59 Å². The quantitative estimate of drug-likeness (QED) is 0.707. The van der Waals surface area contributed by atoms with Crippen molar-refractivity contribution in [2.75, 3.05) is 11.9 Å². The van der Waals surface area contributed by atoms with Crippen molar-refractivity contribution in [2.24, 2.45) is 0 Å². The lowest BCUT2D eigenvalue weighted by molar-refractivity contribution is -0.116. The van der Waals surface area contributed by atoms with Gasteiger partial charge in [-0.3, -0.25) is 4.79 Å². The number of carbonyl (C=O) groups is 2. The van der Waals surface area contributed by atoms with Gasteiger partial charge in [0.2, 0.25) is 5.91 Å². The van der Waals surface area contributed by atoms with Crippen LogP contribution in [0.25, 0.3) is 0 Å². The summed E-state index contributed by atoms with van der Waals surface area (Å²) in [6.07, 6.45) is 0.940. The molecule has 0 aliphatic heterocycles. The maximum Gasteiger partial charge on any atom is 0.314 e. The number of urea groups is 1. The molecule has 0 radical (unpaired) electrons. The molecular formula is C14H20ClN3O2. The fourth-order valence-electron chi connectivity index (χ4n) is 1.52. The third-order valence-electron chi connectivity index (χ3n) is 2.41. The minimum Gasteiger partial charge on any atom is -0.338 e. The number of anilines is 1. The SMILES string of the molecule is CC(C)NC(=O)NCCCC(=O)Nc1ccc(Cl)cc1. The van der Waals surface area contributed by atoms with Gasteiger partial charge in [0.05, 0.1) is 0 Å². The molecule has 0 saturated carbocycles. The average Bonchev–Trinajstić information content (AvgIpc) is 2.37. The van der Waals surface area contributed by atoms with Gasteiger partial charge in [-0.2, -0.15) is 0 Å². The molecule has 5 nitrogen and oxygen atoms in total. The van der Waals surface area contributed by atoms with Crippen LogP contribution < -0.4 is 16.0 Å². The van der Waals surface area contributed by atoms with E-state index in [1.165, 1.54) is 0 Å². The standard InChI is InChI=1S/C14H20ClN3O2/c1-10(2)17-14(20)16-9-3-4-13(19)18-12-7-5-11(15)6-8-12/h5-8,10H,3-4,9H2,1-2H3,(H,18,19)(H2,16,17,20). The third kappa shape index (κ3) is 6.99. The van der Waals surface area contributed by atoms with E-state index >= 15 is 0 Å². The van der Waals surface area contributed by atoms with E-state index in [2.05, 4.69) is 16.0 Å². The second-order valence-corrected chi connectivity index (χ2v) is 5.15. The highest BCUT2D eigenvalue weighted by atomic mass is 35.5. The molecule has 3 N–H and O–H groups in total. The van der Waals surface area contributed by atoms with Crippen molar-refractivity contribution in [2.45, 2.75) is 32.7 Å². The largest absolute Gasteiger partial charge is 0.338 e. The van der Waals surface area contributed by atoms with Crippen LogP contribution in [-0.4, -0.2) is 24.5 Å². The summed E-state index contributed by atoms with van der Waals surface area (Å²) in [6, 6.07) is 6.81. The molecular weight excluding hydrogens is 278 g/mol. The number of hydrogen-bond donors (Lipinski definition) is 3. The molecule has 0 saturated heterocycles. The smallest absolute Gasteiger partial charge is 0.314 e. The molecule has 0 aromatic heterocycles.